The van der Waals surface area contributed by atoms with E-state index in [2.05, 4.69) is 24.3 Å². The van der Waals surface area contributed by atoms with Crippen LogP contribution >= 0.6 is 0 Å². The van der Waals surface area contributed by atoms with Crippen molar-refractivity contribution in [2.45, 2.75) is 6.42 Å². The van der Waals surface area contributed by atoms with Gasteiger partial charge in [-0.15, -0.1) is 0 Å². The number of fused-ring (bicyclic) bond motifs is 1. The van der Waals surface area contributed by atoms with Crippen LogP contribution in [0, 0.1) is 11.3 Å². The second-order valence-corrected chi connectivity index (χ2v) is 2.97. The molecule has 0 N–H and O–H groups in total. The minimum atomic E-state index is 0.494. The molecule has 0 unspecified atom stereocenters. The van der Waals surface area contributed by atoms with Gasteiger partial charge in [0.1, 0.15) is 0 Å². The molecular formula is C12H9N. The summed E-state index contributed by atoms with van der Waals surface area (Å²) in [6.07, 6.45) is 0.494. The predicted octanol–water partition coefficient (Wildman–Crippen LogP) is 2.86. The third kappa shape index (κ3) is 1.39. The molecule has 0 saturated carbocycles. The molecular weight excluding hydrogens is 158 g/mol. The van der Waals surface area contributed by atoms with E-state index in [1.54, 1.807) is 0 Å². The van der Waals surface area contributed by atoms with E-state index in [-0.39, 0.29) is 0 Å². The van der Waals surface area contributed by atoms with Gasteiger partial charge in [-0.1, -0.05) is 42.5 Å². The third-order valence-electron chi connectivity index (χ3n) is 2.15. The summed E-state index contributed by atoms with van der Waals surface area (Å²) in [5, 5.41) is 8.61. The summed E-state index contributed by atoms with van der Waals surface area (Å²) < 4.78 is 0. The van der Waals surface area contributed by atoms with Gasteiger partial charge < -0.3 is 0 Å². The standard InChI is InChI=1S/C12H9N/c13-9-8-11-7-6-10-4-2-1-3-5-12(10)11/h1-7H,8H2. The molecule has 0 saturated heterocycles. The topological polar surface area (TPSA) is 23.8 Å². The molecule has 0 aromatic rings. The monoisotopic (exact) mass is 167 g/mol. The Morgan fingerprint density at radius 3 is 2.69 bits per heavy atom. The fourth-order valence-corrected chi connectivity index (χ4v) is 1.52. The van der Waals surface area contributed by atoms with Gasteiger partial charge in [0.25, 0.3) is 0 Å². The van der Waals surface area contributed by atoms with E-state index in [0.717, 1.165) is 5.56 Å². The van der Waals surface area contributed by atoms with Gasteiger partial charge in [-0.05, 0) is 16.7 Å². The highest BCUT2D eigenvalue weighted by molar-refractivity contribution is 5.70. The lowest BCUT2D eigenvalue weighted by Crippen LogP contribution is -1.78. The minimum absolute atomic E-state index is 0.494. The molecule has 0 bridgehead atoms. The van der Waals surface area contributed by atoms with Gasteiger partial charge in [0.05, 0.1) is 12.5 Å². The van der Waals surface area contributed by atoms with Crippen LogP contribution in [0.5, 0.6) is 0 Å². The number of nitrogens with zero attached hydrogens (tertiary/aromatic N) is 1. The maximum Gasteiger partial charge on any atom is 0.0669 e. The highest BCUT2D eigenvalue weighted by Gasteiger charge is 2.05. The van der Waals surface area contributed by atoms with Crippen molar-refractivity contribution < 1.29 is 0 Å². The second-order valence-electron chi connectivity index (χ2n) is 2.97. The molecule has 62 valence electrons. The Kier molecular flexibility index (Phi) is 1.97. The molecule has 1 nitrogen and oxygen atoms in total. The molecule has 0 fully saturated rings. The third-order valence-corrected chi connectivity index (χ3v) is 2.15. The molecule has 2 rings (SSSR count). The smallest absolute Gasteiger partial charge is 0.0669 e. The van der Waals surface area contributed by atoms with Crippen molar-refractivity contribution in [3.05, 3.63) is 48.0 Å². The van der Waals surface area contributed by atoms with Crippen molar-refractivity contribution >= 4 is 0 Å². The van der Waals surface area contributed by atoms with Crippen molar-refractivity contribution in [2.75, 3.05) is 0 Å². The molecule has 0 aromatic carbocycles. The summed E-state index contributed by atoms with van der Waals surface area (Å²) in [6, 6.07) is 16.4. The Morgan fingerprint density at radius 1 is 1.00 bits per heavy atom. The minimum Gasteiger partial charge on any atom is -0.198 e. The number of hydrogen-bond acceptors (Lipinski definition) is 1. The summed E-state index contributed by atoms with van der Waals surface area (Å²) in [6.45, 7) is 0. The van der Waals surface area contributed by atoms with Gasteiger partial charge in [0, 0.05) is 0 Å². The summed E-state index contributed by atoms with van der Waals surface area (Å²) >= 11 is 0. The first-order valence-corrected chi connectivity index (χ1v) is 4.25. The molecule has 0 radical (unpaired) electrons. The first-order valence-electron chi connectivity index (χ1n) is 4.25. The molecule has 0 amide bonds. The molecule has 13 heavy (non-hydrogen) atoms. The van der Waals surface area contributed by atoms with Crippen LogP contribution < -0.4 is 0 Å². The quantitative estimate of drug-likeness (QED) is 0.640. The molecule has 1 heteroatoms. The molecule has 2 aliphatic carbocycles. The molecule has 2 aliphatic rings. The highest BCUT2D eigenvalue weighted by atomic mass is 14.2. The van der Waals surface area contributed by atoms with Crippen LogP contribution in [0.3, 0.4) is 0 Å². The van der Waals surface area contributed by atoms with Gasteiger partial charge in [-0.3, -0.25) is 0 Å². The molecule has 0 spiro atoms. The summed E-state index contributed by atoms with van der Waals surface area (Å²) in [5.74, 6) is 0. The van der Waals surface area contributed by atoms with E-state index in [1.807, 2.05) is 24.3 Å². The Balaban J connectivity index is 2.56. The largest absolute Gasteiger partial charge is 0.198 e. The normalized spacial score (nSPS) is 9.77. The molecule has 0 aromatic heterocycles. The van der Waals surface area contributed by atoms with E-state index in [1.165, 1.54) is 11.1 Å². The number of nitriles is 1. The van der Waals surface area contributed by atoms with Crippen molar-refractivity contribution in [2.24, 2.45) is 0 Å². The molecule has 0 heterocycles. The van der Waals surface area contributed by atoms with Crippen molar-refractivity contribution in [3.8, 4) is 17.2 Å². The van der Waals surface area contributed by atoms with Crippen LogP contribution in [0.4, 0.5) is 0 Å². The number of rotatable bonds is 1. The van der Waals surface area contributed by atoms with E-state index in [9.17, 15) is 0 Å². The maximum atomic E-state index is 8.61. The van der Waals surface area contributed by atoms with Gasteiger partial charge in [0.2, 0.25) is 0 Å². The Morgan fingerprint density at radius 2 is 1.85 bits per heavy atom. The van der Waals surface area contributed by atoms with Gasteiger partial charge in [-0.2, -0.15) is 5.26 Å². The van der Waals surface area contributed by atoms with Crippen LogP contribution in [-0.4, -0.2) is 0 Å². The average Bonchev–Trinajstić information content (AvgIpc) is 2.38. The van der Waals surface area contributed by atoms with Crippen molar-refractivity contribution in [1.82, 2.24) is 0 Å². The van der Waals surface area contributed by atoms with Crippen LogP contribution in [0.1, 0.15) is 5.56 Å². The zero-order valence-corrected chi connectivity index (χ0v) is 7.20. The van der Waals surface area contributed by atoms with Crippen molar-refractivity contribution in [1.29, 1.82) is 5.26 Å². The van der Waals surface area contributed by atoms with E-state index < -0.39 is 0 Å². The lowest BCUT2D eigenvalue weighted by molar-refractivity contribution is 1.29. The van der Waals surface area contributed by atoms with Gasteiger partial charge in [-0.25, -0.2) is 0 Å². The van der Waals surface area contributed by atoms with Crippen LogP contribution in [0.25, 0.3) is 11.1 Å². The fraction of sp³-hybridized carbons (Fsp3) is 0.0833. The van der Waals surface area contributed by atoms with Crippen LogP contribution in [-0.2, 0) is 6.42 Å². The zero-order valence-electron chi connectivity index (χ0n) is 7.20. The lowest BCUT2D eigenvalue weighted by Gasteiger charge is -1.94. The fourth-order valence-electron chi connectivity index (χ4n) is 1.52. The molecule has 0 aliphatic heterocycles. The summed E-state index contributed by atoms with van der Waals surface area (Å²) in [5.41, 5.74) is 3.51. The Hall–Kier alpha value is -1.81. The lowest BCUT2D eigenvalue weighted by atomic mass is 10.1. The maximum absolute atomic E-state index is 8.61. The van der Waals surface area contributed by atoms with E-state index >= 15 is 0 Å². The first-order chi connectivity index (χ1) is 6.42. The summed E-state index contributed by atoms with van der Waals surface area (Å²) in [4.78, 5) is 0. The molecule has 0 atom stereocenters. The second kappa shape index (κ2) is 3.28. The average molecular weight is 167 g/mol. The van der Waals surface area contributed by atoms with Gasteiger partial charge >= 0.3 is 0 Å². The van der Waals surface area contributed by atoms with Crippen molar-refractivity contribution in [3.63, 3.8) is 0 Å². The predicted molar refractivity (Wildman–Crippen MR) is 52.4 cm³/mol. The van der Waals surface area contributed by atoms with Gasteiger partial charge in [0.15, 0.2) is 0 Å². The summed E-state index contributed by atoms with van der Waals surface area (Å²) in [7, 11) is 0. The van der Waals surface area contributed by atoms with Crippen LogP contribution in [0.15, 0.2) is 42.5 Å². The number of hydrogen-bond donors (Lipinski definition) is 0. The Bertz CT molecular complexity index is 426. The van der Waals surface area contributed by atoms with E-state index in [4.69, 9.17) is 5.26 Å². The van der Waals surface area contributed by atoms with Crippen LogP contribution in [0.2, 0.25) is 0 Å². The highest BCUT2D eigenvalue weighted by Crippen LogP contribution is 2.26. The Labute approximate surface area is 77.6 Å². The first kappa shape index (κ1) is 7.82. The zero-order chi connectivity index (χ0) is 9.10. The van der Waals surface area contributed by atoms with E-state index in [0.29, 0.717) is 6.42 Å². The SMILES string of the molecule is N#CCc1ccc2cccccc1-2.